The average Bonchev–Trinajstić information content (AvgIpc) is 2.74. The third kappa shape index (κ3) is 2.66. The molecule has 0 bridgehead atoms. The molecule has 1 aromatic heterocycles. The van der Waals surface area contributed by atoms with E-state index in [4.69, 9.17) is 9.26 Å². The second-order valence-corrected chi connectivity index (χ2v) is 4.88. The maximum absolute atomic E-state index is 12.3. The highest BCUT2D eigenvalue weighted by molar-refractivity contribution is 5.78. The monoisotopic (exact) mass is 272 g/mol. The first kappa shape index (κ1) is 12.7. The predicted octanol–water partition coefficient (Wildman–Crippen LogP) is 1.95. The summed E-state index contributed by atoms with van der Waals surface area (Å²) in [7, 11) is 0. The Morgan fingerprint density at radius 2 is 2.25 bits per heavy atom. The number of para-hydroxylation sites is 1. The molecule has 0 N–H and O–H groups in total. The smallest absolute Gasteiger partial charge is 0.229 e. The first-order chi connectivity index (χ1) is 9.72. The maximum atomic E-state index is 12.3. The standard InChI is InChI=1S/C15H16N2O3/c1-11-8-13(16-20-11)9-15(18)17-6-7-19-14-5-3-2-4-12(14)10-17/h2-5,8H,6-7,9-10H2,1H3. The Kier molecular flexibility index (Phi) is 3.41. The fourth-order valence-electron chi connectivity index (χ4n) is 2.31. The van der Waals surface area contributed by atoms with E-state index in [1.807, 2.05) is 31.2 Å². The number of carbonyl (C=O) groups excluding carboxylic acids is 1. The number of amides is 1. The van der Waals surface area contributed by atoms with E-state index in [2.05, 4.69) is 5.16 Å². The number of rotatable bonds is 2. The zero-order valence-corrected chi connectivity index (χ0v) is 11.3. The van der Waals surface area contributed by atoms with E-state index in [1.54, 1.807) is 11.0 Å². The molecule has 0 spiro atoms. The summed E-state index contributed by atoms with van der Waals surface area (Å²) < 4.78 is 10.6. The van der Waals surface area contributed by atoms with Gasteiger partial charge in [-0.05, 0) is 13.0 Å². The molecular weight excluding hydrogens is 256 g/mol. The summed E-state index contributed by atoms with van der Waals surface area (Å²) in [6, 6.07) is 9.61. The number of aryl methyl sites for hydroxylation is 1. The zero-order chi connectivity index (χ0) is 13.9. The van der Waals surface area contributed by atoms with Gasteiger partial charge in [-0.1, -0.05) is 23.4 Å². The lowest BCUT2D eigenvalue weighted by Gasteiger charge is -2.19. The molecule has 0 radical (unpaired) electrons. The first-order valence-electron chi connectivity index (χ1n) is 6.63. The van der Waals surface area contributed by atoms with Crippen LogP contribution >= 0.6 is 0 Å². The number of aromatic nitrogens is 1. The van der Waals surface area contributed by atoms with Gasteiger partial charge in [0.05, 0.1) is 18.7 Å². The summed E-state index contributed by atoms with van der Waals surface area (Å²) in [6.45, 7) is 3.49. The minimum atomic E-state index is 0.0404. The van der Waals surface area contributed by atoms with Crippen LogP contribution < -0.4 is 4.74 Å². The highest BCUT2D eigenvalue weighted by Crippen LogP contribution is 2.22. The molecule has 1 aliphatic heterocycles. The van der Waals surface area contributed by atoms with Crippen molar-refractivity contribution in [2.24, 2.45) is 0 Å². The number of ether oxygens (including phenoxy) is 1. The Morgan fingerprint density at radius 1 is 1.40 bits per heavy atom. The number of hydrogen-bond donors (Lipinski definition) is 0. The highest BCUT2D eigenvalue weighted by atomic mass is 16.5. The van der Waals surface area contributed by atoms with E-state index in [0.717, 1.165) is 17.1 Å². The molecule has 1 aliphatic rings. The largest absolute Gasteiger partial charge is 0.491 e. The van der Waals surface area contributed by atoms with Crippen LogP contribution in [0.5, 0.6) is 5.75 Å². The quantitative estimate of drug-likeness (QED) is 0.838. The van der Waals surface area contributed by atoms with Crippen LogP contribution in [0.2, 0.25) is 0 Å². The normalized spacial score (nSPS) is 14.3. The van der Waals surface area contributed by atoms with Crippen LogP contribution in [0.3, 0.4) is 0 Å². The molecule has 5 heteroatoms. The van der Waals surface area contributed by atoms with E-state index in [0.29, 0.717) is 25.4 Å². The van der Waals surface area contributed by atoms with E-state index < -0.39 is 0 Å². The van der Waals surface area contributed by atoms with Crippen LogP contribution in [0.25, 0.3) is 0 Å². The Balaban J connectivity index is 1.72. The van der Waals surface area contributed by atoms with Crippen molar-refractivity contribution in [2.45, 2.75) is 19.9 Å². The van der Waals surface area contributed by atoms with Gasteiger partial charge in [0.1, 0.15) is 18.1 Å². The summed E-state index contributed by atoms with van der Waals surface area (Å²) in [6.07, 6.45) is 0.263. The van der Waals surface area contributed by atoms with Crippen LogP contribution in [0.1, 0.15) is 17.0 Å². The van der Waals surface area contributed by atoms with Crippen LogP contribution in [0, 0.1) is 6.92 Å². The molecule has 0 saturated carbocycles. The summed E-state index contributed by atoms with van der Waals surface area (Å²) >= 11 is 0. The topological polar surface area (TPSA) is 55.6 Å². The average molecular weight is 272 g/mol. The molecule has 0 aliphatic carbocycles. The predicted molar refractivity (Wildman–Crippen MR) is 72.3 cm³/mol. The summed E-state index contributed by atoms with van der Waals surface area (Å²) in [5.74, 6) is 1.62. The molecule has 5 nitrogen and oxygen atoms in total. The Hall–Kier alpha value is -2.30. The molecule has 1 aromatic carbocycles. The van der Waals surface area contributed by atoms with Gasteiger partial charge in [0.2, 0.25) is 5.91 Å². The van der Waals surface area contributed by atoms with Gasteiger partial charge in [0.15, 0.2) is 0 Å². The number of hydrogen-bond acceptors (Lipinski definition) is 4. The molecule has 2 heterocycles. The van der Waals surface area contributed by atoms with Crippen LogP contribution in [0.4, 0.5) is 0 Å². The minimum absolute atomic E-state index is 0.0404. The third-order valence-corrected chi connectivity index (χ3v) is 3.31. The van der Waals surface area contributed by atoms with Gasteiger partial charge >= 0.3 is 0 Å². The van der Waals surface area contributed by atoms with Crippen LogP contribution in [-0.2, 0) is 17.8 Å². The van der Waals surface area contributed by atoms with Gasteiger partial charge in [0.25, 0.3) is 0 Å². The minimum Gasteiger partial charge on any atom is -0.491 e. The molecule has 20 heavy (non-hydrogen) atoms. The summed E-state index contributed by atoms with van der Waals surface area (Å²) in [4.78, 5) is 14.1. The van der Waals surface area contributed by atoms with Crippen molar-refractivity contribution < 1.29 is 14.1 Å². The molecule has 0 saturated heterocycles. The fraction of sp³-hybridized carbons (Fsp3) is 0.333. The van der Waals surface area contributed by atoms with Crippen molar-refractivity contribution in [1.29, 1.82) is 0 Å². The van der Waals surface area contributed by atoms with E-state index in [-0.39, 0.29) is 12.3 Å². The molecule has 0 unspecified atom stereocenters. The molecule has 104 valence electrons. The second kappa shape index (κ2) is 5.36. The lowest BCUT2D eigenvalue weighted by molar-refractivity contribution is -0.131. The number of benzene rings is 1. The SMILES string of the molecule is Cc1cc(CC(=O)N2CCOc3ccccc3C2)no1. The van der Waals surface area contributed by atoms with Gasteiger partial charge in [-0.25, -0.2) is 0 Å². The van der Waals surface area contributed by atoms with E-state index in [9.17, 15) is 4.79 Å². The molecule has 0 fully saturated rings. The van der Waals surface area contributed by atoms with Crippen LogP contribution in [0.15, 0.2) is 34.9 Å². The van der Waals surface area contributed by atoms with Crippen molar-refractivity contribution in [2.75, 3.05) is 13.2 Å². The van der Waals surface area contributed by atoms with Gasteiger partial charge in [-0.15, -0.1) is 0 Å². The lowest BCUT2D eigenvalue weighted by Crippen LogP contribution is -2.33. The lowest BCUT2D eigenvalue weighted by atomic mass is 10.2. The molecule has 2 aromatic rings. The third-order valence-electron chi connectivity index (χ3n) is 3.31. The first-order valence-corrected chi connectivity index (χ1v) is 6.63. The number of carbonyl (C=O) groups is 1. The van der Waals surface area contributed by atoms with Gasteiger partial charge in [-0.3, -0.25) is 4.79 Å². The summed E-state index contributed by atoms with van der Waals surface area (Å²) in [5, 5.41) is 3.86. The number of nitrogens with zero attached hydrogens (tertiary/aromatic N) is 2. The van der Waals surface area contributed by atoms with Crippen molar-refractivity contribution in [1.82, 2.24) is 10.1 Å². The van der Waals surface area contributed by atoms with Gasteiger partial charge in [0, 0.05) is 18.2 Å². The van der Waals surface area contributed by atoms with Crippen molar-refractivity contribution in [3.8, 4) is 5.75 Å². The van der Waals surface area contributed by atoms with E-state index in [1.165, 1.54) is 0 Å². The summed E-state index contributed by atoms with van der Waals surface area (Å²) in [5.41, 5.74) is 1.71. The second-order valence-electron chi connectivity index (χ2n) is 4.88. The van der Waals surface area contributed by atoms with Crippen molar-refractivity contribution in [3.63, 3.8) is 0 Å². The Labute approximate surface area is 117 Å². The zero-order valence-electron chi connectivity index (χ0n) is 11.3. The molecular formula is C15H16N2O3. The molecule has 3 rings (SSSR count). The number of fused-ring (bicyclic) bond motifs is 1. The van der Waals surface area contributed by atoms with Gasteiger partial charge < -0.3 is 14.2 Å². The fourth-order valence-corrected chi connectivity index (χ4v) is 2.31. The van der Waals surface area contributed by atoms with E-state index >= 15 is 0 Å². The van der Waals surface area contributed by atoms with Crippen LogP contribution in [-0.4, -0.2) is 29.1 Å². The molecule has 1 amide bonds. The Morgan fingerprint density at radius 3 is 3.05 bits per heavy atom. The van der Waals surface area contributed by atoms with Gasteiger partial charge in [-0.2, -0.15) is 0 Å². The Bertz CT molecular complexity index is 621. The van der Waals surface area contributed by atoms with Crippen molar-refractivity contribution >= 4 is 5.91 Å². The van der Waals surface area contributed by atoms with Crippen molar-refractivity contribution in [3.05, 3.63) is 47.3 Å². The highest BCUT2D eigenvalue weighted by Gasteiger charge is 2.20. The molecule has 0 atom stereocenters. The maximum Gasteiger partial charge on any atom is 0.229 e.